The van der Waals surface area contributed by atoms with Crippen molar-refractivity contribution in [2.75, 3.05) is 6.61 Å². The van der Waals surface area contributed by atoms with E-state index in [0.717, 1.165) is 29.9 Å². The summed E-state index contributed by atoms with van der Waals surface area (Å²) in [5, 5.41) is 11.0. The zero-order valence-corrected chi connectivity index (χ0v) is 12.1. The highest BCUT2D eigenvalue weighted by Gasteiger charge is 2.29. The van der Waals surface area contributed by atoms with Gasteiger partial charge < -0.3 is 14.6 Å². The van der Waals surface area contributed by atoms with Crippen LogP contribution in [0.3, 0.4) is 0 Å². The standard InChI is InChI=1S/C17H15ClO3/c18-12-2-4-16-13(8-12)14(19)9-17(21-16)10-1-3-15-11(7-10)5-6-20-15/h1-4,7-8,14,17,19H,5-6,9H2/t14-,17?/m1/s1. The van der Waals surface area contributed by atoms with Crippen molar-refractivity contribution in [3.63, 3.8) is 0 Å². The molecule has 2 aliphatic heterocycles. The Hall–Kier alpha value is -1.71. The minimum Gasteiger partial charge on any atom is -0.493 e. The molecule has 2 heterocycles. The first-order valence-electron chi connectivity index (χ1n) is 7.10. The van der Waals surface area contributed by atoms with Crippen molar-refractivity contribution in [1.29, 1.82) is 0 Å². The molecule has 0 aliphatic carbocycles. The minimum atomic E-state index is -0.554. The quantitative estimate of drug-likeness (QED) is 0.870. The van der Waals surface area contributed by atoms with Gasteiger partial charge in [-0.3, -0.25) is 0 Å². The van der Waals surface area contributed by atoms with Crippen molar-refractivity contribution >= 4 is 11.6 Å². The van der Waals surface area contributed by atoms with Crippen LogP contribution in [-0.4, -0.2) is 11.7 Å². The molecular weight excluding hydrogens is 288 g/mol. The maximum absolute atomic E-state index is 10.3. The molecule has 0 bridgehead atoms. The van der Waals surface area contributed by atoms with Crippen LogP contribution in [0.1, 0.15) is 35.3 Å². The lowest BCUT2D eigenvalue weighted by atomic mass is 9.94. The summed E-state index contributed by atoms with van der Waals surface area (Å²) < 4.78 is 11.6. The summed E-state index contributed by atoms with van der Waals surface area (Å²) in [6.45, 7) is 0.744. The first-order chi connectivity index (χ1) is 10.2. The number of halogens is 1. The van der Waals surface area contributed by atoms with Crippen molar-refractivity contribution in [2.24, 2.45) is 0 Å². The maximum Gasteiger partial charge on any atom is 0.127 e. The Labute approximate surface area is 128 Å². The average molecular weight is 303 g/mol. The molecule has 0 radical (unpaired) electrons. The lowest BCUT2D eigenvalue weighted by Gasteiger charge is -2.30. The fraction of sp³-hybridized carbons (Fsp3) is 0.294. The number of benzene rings is 2. The lowest BCUT2D eigenvalue weighted by molar-refractivity contribution is 0.0657. The first-order valence-corrected chi connectivity index (χ1v) is 7.48. The Kier molecular flexibility index (Phi) is 3.05. The molecule has 4 heteroatoms. The number of rotatable bonds is 1. The predicted octanol–water partition coefficient (Wildman–Crippen LogP) is 3.83. The van der Waals surface area contributed by atoms with Gasteiger partial charge in [-0.1, -0.05) is 17.7 Å². The summed E-state index contributed by atoms with van der Waals surface area (Å²) in [7, 11) is 0. The highest BCUT2D eigenvalue weighted by molar-refractivity contribution is 6.30. The Balaban J connectivity index is 1.67. The van der Waals surface area contributed by atoms with Crippen LogP contribution >= 0.6 is 11.6 Å². The Morgan fingerprint density at radius 3 is 2.86 bits per heavy atom. The normalized spacial score (nSPS) is 23.0. The van der Waals surface area contributed by atoms with Gasteiger partial charge in [0.2, 0.25) is 0 Å². The molecule has 0 saturated heterocycles. The van der Waals surface area contributed by atoms with Crippen LogP contribution in [0.5, 0.6) is 11.5 Å². The third-order valence-electron chi connectivity index (χ3n) is 4.12. The van der Waals surface area contributed by atoms with E-state index in [9.17, 15) is 5.11 Å². The molecule has 0 spiro atoms. The number of ether oxygens (including phenoxy) is 2. The molecule has 2 aliphatic rings. The molecule has 1 unspecified atom stereocenters. The Bertz CT molecular complexity index is 698. The molecule has 0 saturated carbocycles. The summed E-state index contributed by atoms with van der Waals surface area (Å²) in [4.78, 5) is 0. The number of hydrogen-bond acceptors (Lipinski definition) is 3. The monoisotopic (exact) mass is 302 g/mol. The van der Waals surface area contributed by atoms with E-state index < -0.39 is 6.10 Å². The van der Waals surface area contributed by atoms with E-state index in [1.54, 1.807) is 12.1 Å². The van der Waals surface area contributed by atoms with Crippen LogP contribution in [0, 0.1) is 0 Å². The van der Waals surface area contributed by atoms with E-state index in [0.29, 0.717) is 17.2 Å². The molecular formula is C17H15ClO3. The van der Waals surface area contributed by atoms with Gasteiger partial charge in [0.25, 0.3) is 0 Å². The van der Waals surface area contributed by atoms with E-state index in [4.69, 9.17) is 21.1 Å². The second-order valence-electron chi connectivity index (χ2n) is 5.51. The van der Waals surface area contributed by atoms with Gasteiger partial charge in [-0.25, -0.2) is 0 Å². The smallest absolute Gasteiger partial charge is 0.127 e. The van der Waals surface area contributed by atoms with Crippen molar-refractivity contribution in [3.05, 3.63) is 58.1 Å². The van der Waals surface area contributed by atoms with Gasteiger partial charge >= 0.3 is 0 Å². The summed E-state index contributed by atoms with van der Waals surface area (Å²) >= 11 is 5.98. The Morgan fingerprint density at radius 1 is 1.10 bits per heavy atom. The zero-order chi connectivity index (χ0) is 14.4. The predicted molar refractivity (Wildman–Crippen MR) is 80.0 cm³/mol. The third-order valence-corrected chi connectivity index (χ3v) is 4.36. The second kappa shape index (κ2) is 4.93. The third kappa shape index (κ3) is 2.27. The average Bonchev–Trinajstić information content (AvgIpc) is 2.95. The van der Waals surface area contributed by atoms with E-state index in [1.165, 1.54) is 5.56 Å². The molecule has 21 heavy (non-hydrogen) atoms. The molecule has 4 rings (SSSR count). The molecule has 1 N–H and O–H groups in total. The SMILES string of the molecule is O[C@@H]1CC(c2ccc3c(c2)CCO3)Oc2ccc(Cl)cc21. The van der Waals surface area contributed by atoms with Crippen molar-refractivity contribution < 1.29 is 14.6 Å². The topological polar surface area (TPSA) is 38.7 Å². The van der Waals surface area contributed by atoms with E-state index in [2.05, 4.69) is 6.07 Å². The van der Waals surface area contributed by atoms with Crippen LogP contribution < -0.4 is 9.47 Å². The highest BCUT2D eigenvalue weighted by Crippen LogP contribution is 2.42. The maximum atomic E-state index is 10.3. The molecule has 2 aromatic rings. The number of fused-ring (bicyclic) bond motifs is 2. The fourth-order valence-electron chi connectivity index (χ4n) is 3.03. The number of aliphatic hydroxyl groups is 1. The summed E-state index contributed by atoms with van der Waals surface area (Å²) in [6, 6.07) is 11.5. The van der Waals surface area contributed by atoms with Gasteiger partial charge in [-0.05, 0) is 41.5 Å². The van der Waals surface area contributed by atoms with Crippen LogP contribution in [0.4, 0.5) is 0 Å². The summed E-state index contributed by atoms with van der Waals surface area (Å²) in [5.41, 5.74) is 3.06. The van der Waals surface area contributed by atoms with Crippen LogP contribution in [0.15, 0.2) is 36.4 Å². The lowest BCUT2D eigenvalue weighted by Crippen LogP contribution is -2.19. The van der Waals surface area contributed by atoms with Gasteiger partial charge in [-0.15, -0.1) is 0 Å². The minimum absolute atomic E-state index is 0.139. The van der Waals surface area contributed by atoms with E-state index in [1.807, 2.05) is 18.2 Å². The van der Waals surface area contributed by atoms with Crippen LogP contribution in [-0.2, 0) is 6.42 Å². The molecule has 2 aromatic carbocycles. The number of aliphatic hydroxyl groups excluding tert-OH is 1. The van der Waals surface area contributed by atoms with Gasteiger partial charge in [0.1, 0.15) is 17.6 Å². The fourth-order valence-corrected chi connectivity index (χ4v) is 3.21. The zero-order valence-electron chi connectivity index (χ0n) is 11.4. The summed E-state index contributed by atoms with van der Waals surface area (Å²) in [6.07, 6.45) is 0.777. The van der Waals surface area contributed by atoms with Gasteiger partial charge in [-0.2, -0.15) is 0 Å². The second-order valence-corrected chi connectivity index (χ2v) is 5.94. The van der Waals surface area contributed by atoms with Crippen molar-refractivity contribution in [3.8, 4) is 11.5 Å². The molecule has 2 atom stereocenters. The first kappa shape index (κ1) is 13.0. The van der Waals surface area contributed by atoms with Crippen molar-refractivity contribution in [2.45, 2.75) is 25.0 Å². The van der Waals surface area contributed by atoms with Crippen LogP contribution in [0.25, 0.3) is 0 Å². The van der Waals surface area contributed by atoms with E-state index >= 15 is 0 Å². The highest BCUT2D eigenvalue weighted by atomic mass is 35.5. The number of hydrogen-bond donors (Lipinski definition) is 1. The largest absolute Gasteiger partial charge is 0.493 e. The molecule has 0 amide bonds. The Morgan fingerprint density at radius 2 is 1.95 bits per heavy atom. The van der Waals surface area contributed by atoms with Crippen molar-refractivity contribution in [1.82, 2.24) is 0 Å². The van der Waals surface area contributed by atoms with E-state index in [-0.39, 0.29) is 6.10 Å². The summed E-state index contributed by atoms with van der Waals surface area (Å²) in [5.74, 6) is 1.67. The van der Waals surface area contributed by atoms with Gasteiger partial charge in [0.05, 0.1) is 12.7 Å². The van der Waals surface area contributed by atoms with Gasteiger partial charge in [0, 0.05) is 23.4 Å². The van der Waals surface area contributed by atoms with Gasteiger partial charge in [0.15, 0.2) is 0 Å². The molecule has 0 aromatic heterocycles. The molecule has 0 fully saturated rings. The molecule has 108 valence electrons. The van der Waals surface area contributed by atoms with Crippen LogP contribution in [0.2, 0.25) is 5.02 Å². The molecule has 3 nitrogen and oxygen atoms in total.